The first-order chi connectivity index (χ1) is 7.63. The molecule has 3 heteroatoms. The molecule has 2 N–H and O–H groups in total. The number of nitrogens with one attached hydrogen (secondary N) is 1. The Labute approximate surface area is 97.4 Å². The minimum Gasteiger partial charge on any atom is -0.492 e. The predicted octanol–water partition coefficient (Wildman–Crippen LogP) is 1.65. The number of benzene rings is 1. The van der Waals surface area contributed by atoms with Crippen molar-refractivity contribution in [2.24, 2.45) is 0 Å². The molecule has 0 amide bonds. The van der Waals surface area contributed by atoms with Crippen LogP contribution in [0, 0.1) is 13.8 Å². The Bertz CT molecular complexity index is 326. The summed E-state index contributed by atoms with van der Waals surface area (Å²) in [7, 11) is 0. The van der Waals surface area contributed by atoms with Gasteiger partial charge in [-0.15, -0.1) is 0 Å². The van der Waals surface area contributed by atoms with Crippen molar-refractivity contribution in [3.63, 3.8) is 0 Å². The third kappa shape index (κ3) is 4.21. The number of hydrogen-bond acceptors (Lipinski definition) is 3. The fourth-order valence-corrected chi connectivity index (χ4v) is 1.39. The van der Waals surface area contributed by atoms with Gasteiger partial charge in [-0.3, -0.25) is 0 Å². The van der Waals surface area contributed by atoms with Crippen LogP contribution < -0.4 is 10.1 Å². The van der Waals surface area contributed by atoms with Crippen molar-refractivity contribution in [3.8, 4) is 5.75 Å². The van der Waals surface area contributed by atoms with Crippen LogP contribution in [0.5, 0.6) is 5.75 Å². The maximum absolute atomic E-state index is 8.83. The number of ether oxygens (including phenoxy) is 1. The summed E-state index contributed by atoms with van der Waals surface area (Å²) in [4.78, 5) is 0. The largest absolute Gasteiger partial charge is 0.492 e. The second kappa shape index (κ2) is 6.51. The lowest BCUT2D eigenvalue weighted by Crippen LogP contribution is -2.32. The fourth-order valence-electron chi connectivity index (χ4n) is 1.39. The van der Waals surface area contributed by atoms with E-state index in [4.69, 9.17) is 9.84 Å². The first-order valence-electron chi connectivity index (χ1n) is 5.67. The van der Waals surface area contributed by atoms with Gasteiger partial charge in [-0.1, -0.05) is 12.1 Å². The zero-order valence-corrected chi connectivity index (χ0v) is 10.3. The van der Waals surface area contributed by atoms with Gasteiger partial charge >= 0.3 is 0 Å². The maximum Gasteiger partial charge on any atom is 0.122 e. The molecule has 0 aliphatic carbocycles. The maximum atomic E-state index is 8.83. The van der Waals surface area contributed by atoms with Gasteiger partial charge in [0, 0.05) is 12.6 Å². The number of aliphatic hydroxyl groups excluding tert-OH is 1. The van der Waals surface area contributed by atoms with E-state index in [0.717, 1.165) is 17.9 Å². The summed E-state index contributed by atoms with van der Waals surface area (Å²) in [6.07, 6.45) is 0. The molecule has 1 unspecified atom stereocenters. The number of aliphatic hydroxyl groups is 1. The summed E-state index contributed by atoms with van der Waals surface area (Å²) in [6.45, 7) is 7.56. The van der Waals surface area contributed by atoms with E-state index < -0.39 is 0 Å². The van der Waals surface area contributed by atoms with Crippen LogP contribution >= 0.6 is 0 Å². The molecular weight excluding hydrogens is 202 g/mol. The van der Waals surface area contributed by atoms with Gasteiger partial charge in [0.15, 0.2) is 0 Å². The third-order valence-electron chi connectivity index (χ3n) is 2.47. The lowest BCUT2D eigenvalue weighted by Gasteiger charge is -2.13. The van der Waals surface area contributed by atoms with E-state index in [1.807, 2.05) is 19.9 Å². The predicted molar refractivity (Wildman–Crippen MR) is 66.0 cm³/mol. The van der Waals surface area contributed by atoms with Gasteiger partial charge in [0.25, 0.3) is 0 Å². The lowest BCUT2D eigenvalue weighted by molar-refractivity contribution is 0.239. The van der Waals surface area contributed by atoms with E-state index in [-0.39, 0.29) is 12.6 Å². The highest BCUT2D eigenvalue weighted by atomic mass is 16.5. The van der Waals surface area contributed by atoms with Crippen LogP contribution in [0.3, 0.4) is 0 Å². The topological polar surface area (TPSA) is 41.5 Å². The van der Waals surface area contributed by atoms with Crippen LogP contribution in [0.15, 0.2) is 18.2 Å². The highest BCUT2D eigenvalue weighted by Crippen LogP contribution is 2.18. The van der Waals surface area contributed by atoms with Crippen molar-refractivity contribution in [3.05, 3.63) is 29.3 Å². The minimum absolute atomic E-state index is 0.127. The molecule has 1 atom stereocenters. The van der Waals surface area contributed by atoms with E-state index in [9.17, 15) is 0 Å². The van der Waals surface area contributed by atoms with E-state index in [1.54, 1.807) is 0 Å². The molecule has 1 aromatic rings. The molecule has 1 rings (SSSR count). The Hall–Kier alpha value is -1.06. The fraction of sp³-hybridized carbons (Fsp3) is 0.538. The van der Waals surface area contributed by atoms with Crippen molar-refractivity contribution >= 4 is 0 Å². The van der Waals surface area contributed by atoms with E-state index in [0.29, 0.717) is 6.61 Å². The Morgan fingerprint density at radius 3 is 2.81 bits per heavy atom. The van der Waals surface area contributed by atoms with Crippen molar-refractivity contribution < 1.29 is 9.84 Å². The monoisotopic (exact) mass is 223 g/mol. The highest BCUT2D eigenvalue weighted by Gasteiger charge is 2.01. The first-order valence-corrected chi connectivity index (χ1v) is 5.67. The molecule has 0 fully saturated rings. The summed E-state index contributed by atoms with van der Waals surface area (Å²) in [5.74, 6) is 0.943. The molecule has 0 aliphatic rings. The van der Waals surface area contributed by atoms with Crippen LogP contribution in [-0.2, 0) is 0 Å². The van der Waals surface area contributed by atoms with Gasteiger partial charge in [0.05, 0.1) is 6.61 Å². The summed E-state index contributed by atoms with van der Waals surface area (Å²) < 4.78 is 5.67. The van der Waals surface area contributed by atoms with Crippen molar-refractivity contribution in [2.45, 2.75) is 26.8 Å². The van der Waals surface area contributed by atoms with Crippen molar-refractivity contribution in [1.29, 1.82) is 0 Å². The van der Waals surface area contributed by atoms with Gasteiger partial charge in [-0.25, -0.2) is 0 Å². The average Bonchev–Trinajstić information content (AvgIpc) is 2.28. The summed E-state index contributed by atoms with van der Waals surface area (Å²) in [5.41, 5.74) is 2.36. The second-order valence-corrected chi connectivity index (χ2v) is 4.16. The molecule has 0 heterocycles. The Balaban J connectivity index is 2.34. The zero-order chi connectivity index (χ0) is 12.0. The van der Waals surface area contributed by atoms with Crippen molar-refractivity contribution in [2.75, 3.05) is 19.8 Å². The second-order valence-electron chi connectivity index (χ2n) is 4.16. The quantitative estimate of drug-likeness (QED) is 0.721. The van der Waals surface area contributed by atoms with E-state index >= 15 is 0 Å². The number of rotatable bonds is 6. The normalized spacial score (nSPS) is 12.5. The Morgan fingerprint density at radius 1 is 1.38 bits per heavy atom. The molecule has 0 saturated heterocycles. The molecule has 3 nitrogen and oxygen atoms in total. The standard InChI is InChI=1S/C13H21NO2/c1-10-4-5-11(2)13(8-10)16-7-6-14-12(3)9-15/h4-5,8,12,14-15H,6-7,9H2,1-3H3. The molecule has 0 saturated carbocycles. The number of hydrogen-bond donors (Lipinski definition) is 2. The van der Waals surface area contributed by atoms with Gasteiger partial charge in [0.2, 0.25) is 0 Å². The SMILES string of the molecule is Cc1ccc(C)c(OCCNC(C)CO)c1. The smallest absolute Gasteiger partial charge is 0.122 e. The molecule has 0 bridgehead atoms. The molecular formula is C13H21NO2. The molecule has 0 aromatic heterocycles. The van der Waals surface area contributed by atoms with Gasteiger partial charge < -0.3 is 15.2 Å². The lowest BCUT2D eigenvalue weighted by atomic mass is 10.1. The molecule has 0 radical (unpaired) electrons. The van der Waals surface area contributed by atoms with Gasteiger partial charge in [-0.2, -0.15) is 0 Å². The number of aryl methyl sites for hydroxylation is 2. The molecule has 90 valence electrons. The summed E-state index contributed by atoms with van der Waals surface area (Å²) in [6, 6.07) is 6.32. The first kappa shape index (κ1) is 13.0. The summed E-state index contributed by atoms with van der Waals surface area (Å²) in [5, 5.41) is 12.0. The average molecular weight is 223 g/mol. The minimum atomic E-state index is 0.127. The van der Waals surface area contributed by atoms with Gasteiger partial charge in [0.1, 0.15) is 12.4 Å². The molecule has 0 aliphatic heterocycles. The van der Waals surface area contributed by atoms with Crippen LogP contribution in [0.1, 0.15) is 18.1 Å². The van der Waals surface area contributed by atoms with Crippen LogP contribution in [0.25, 0.3) is 0 Å². The van der Waals surface area contributed by atoms with Crippen LogP contribution in [0.4, 0.5) is 0 Å². The van der Waals surface area contributed by atoms with Crippen LogP contribution in [0.2, 0.25) is 0 Å². The van der Waals surface area contributed by atoms with Crippen molar-refractivity contribution in [1.82, 2.24) is 5.32 Å². The van der Waals surface area contributed by atoms with Gasteiger partial charge in [-0.05, 0) is 38.0 Å². The molecule has 1 aromatic carbocycles. The Kier molecular flexibility index (Phi) is 5.29. The molecule has 0 spiro atoms. The van der Waals surface area contributed by atoms with E-state index in [2.05, 4.69) is 24.4 Å². The van der Waals surface area contributed by atoms with Crippen LogP contribution in [-0.4, -0.2) is 30.9 Å². The zero-order valence-electron chi connectivity index (χ0n) is 10.3. The Morgan fingerprint density at radius 2 is 2.12 bits per heavy atom. The summed E-state index contributed by atoms with van der Waals surface area (Å²) >= 11 is 0. The third-order valence-corrected chi connectivity index (χ3v) is 2.47. The molecule has 16 heavy (non-hydrogen) atoms. The van der Waals surface area contributed by atoms with E-state index in [1.165, 1.54) is 5.56 Å². The highest BCUT2D eigenvalue weighted by molar-refractivity contribution is 5.35.